The second-order valence-corrected chi connectivity index (χ2v) is 3.76. The molecular formula is C9H9N3O2S. The predicted molar refractivity (Wildman–Crippen MR) is 55.7 cm³/mol. The average Bonchev–Trinajstić information content (AvgIpc) is 2.84. The lowest BCUT2D eigenvalue weighted by atomic mass is 10.4. The molecule has 78 valence electrons. The third kappa shape index (κ3) is 1.89. The number of carbonyl (C=O) groups excluding carboxylic acids is 1. The summed E-state index contributed by atoms with van der Waals surface area (Å²) < 4.78 is 6.26. The molecule has 0 spiro atoms. The lowest BCUT2D eigenvalue weighted by Crippen LogP contribution is -2.01. The van der Waals surface area contributed by atoms with Crippen LogP contribution in [0.3, 0.4) is 0 Å². The molecule has 2 aromatic rings. The molecule has 6 heteroatoms. The van der Waals surface area contributed by atoms with Crippen molar-refractivity contribution in [2.24, 2.45) is 7.05 Å². The minimum Gasteiger partial charge on any atom is -0.464 e. The number of hydrogen-bond donors (Lipinski definition) is 0. The third-order valence-corrected chi connectivity index (χ3v) is 2.70. The van der Waals surface area contributed by atoms with Crippen molar-refractivity contribution in [2.75, 3.05) is 7.11 Å². The minimum absolute atomic E-state index is 0.322. The zero-order chi connectivity index (χ0) is 10.8. The first kappa shape index (κ1) is 9.85. The van der Waals surface area contributed by atoms with Crippen LogP contribution in [0.1, 0.15) is 10.5 Å². The van der Waals surface area contributed by atoms with Crippen molar-refractivity contribution in [3.63, 3.8) is 0 Å². The molecule has 0 radical (unpaired) electrons. The molecule has 0 amide bonds. The van der Waals surface area contributed by atoms with E-state index in [9.17, 15) is 4.79 Å². The third-order valence-electron chi connectivity index (χ3n) is 1.83. The van der Waals surface area contributed by atoms with Gasteiger partial charge in [-0.2, -0.15) is 5.10 Å². The number of aryl methyl sites for hydroxylation is 1. The molecule has 0 aromatic carbocycles. The number of thiazole rings is 1. The van der Waals surface area contributed by atoms with Crippen LogP contribution in [0.5, 0.6) is 0 Å². The fourth-order valence-electron chi connectivity index (χ4n) is 1.12. The molecule has 0 saturated heterocycles. The van der Waals surface area contributed by atoms with Crippen LogP contribution < -0.4 is 0 Å². The predicted octanol–water partition coefficient (Wildman–Crippen LogP) is 1.33. The Balaban J connectivity index is 2.31. The Labute approximate surface area is 90.3 Å². The molecular weight excluding hydrogens is 214 g/mol. The maximum Gasteiger partial charge on any atom is 0.357 e. The summed E-state index contributed by atoms with van der Waals surface area (Å²) in [5.41, 5.74) is 1.08. The van der Waals surface area contributed by atoms with Gasteiger partial charge in [0, 0.05) is 18.6 Å². The summed E-state index contributed by atoms with van der Waals surface area (Å²) in [4.78, 5) is 15.3. The highest BCUT2D eigenvalue weighted by Gasteiger charge is 2.12. The van der Waals surface area contributed by atoms with Crippen LogP contribution in [0.4, 0.5) is 0 Å². The Morgan fingerprint density at radius 2 is 2.40 bits per heavy atom. The lowest BCUT2D eigenvalue weighted by Gasteiger charge is -1.91. The fourth-order valence-corrected chi connectivity index (χ4v) is 1.87. The van der Waals surface area contributed by atoms with Gasteiger partial charge in [-0.25, -0.2) is 9.78 Å². The minimum atomic E-state index is -0.423. The molecule has 0 aliphatic carbocycles. The summed E-state index contributed by atoms with van der Waals surface area (Å²) in [6.07, 6.45) is 1.83. The van der Waals surface area contributed by atoms with Gasteiger partial charge in [0.15, 0.2) is 5.69 Å². The molecule has 5 nitrogen and oxygen atoms in total. The van der Waals surface area contributed by atoms with Crippen LogP contribution in [-0.2, 0) is 11.8 Å². The zero-order valence-electron chi connectivity index (χ0n) is 8.30. The van der Waals surface area contributed by atoms with E-state index in [1.807, 2.05) is 19.3 Å². The van der Waals surface area contributed by atoms with Gasteiger partial charge in [-0.1, -0.05) is 0 Å². The van der Waals surface area contributed by atoms with Gasteiger partial charge in [-0.15, -0.1) is 11.3 Å². The van der Waals surface area contributed by atoms with Crippen molar-refractivity contribution in [3.8, 4) is 10.7 Å². The Hall–Kier alpha value is -1.69. The SMILES string of the molecule is COC(=O)c1csc(-c2ccn(C)n2)n1. The van der Waals surface area contributed by atoms with Crippen molar-refractivity contribution in [3.05, 3.63) is 23.3 Å². The Bertz CT molecular complexity index is 489. The van der Waals surface area contributed by atoms with Gasteiger partial charge in [0.1, 0.15) is 10.7 Å². The maximum absolute atomic E-state index is 11.2. The molecule has 2 heterocycles. The first-order chi connectivity index (χ1) is 7.20. The fraction of sp³-hybridized carbons (Fsp3) is 0.222. The number of aromatic nitrogens is 3. The highest BCUT2D eigenvalue weighted by molar-refractivity contribution is 7.13. The topological polar surface area (TPSA) is 57.0 Å². The number of methoxy groups -OCH3 is 1. The average molecular weight is 223 g/mol. The largest absolute Gasteiger partial charge is 0.464 e. The maximum atomic E-state index is 11.2. The number of carbonyl (C=O) groups is 1. The molecule has 0 atom stereocenters. The number of hydrogen-bond acceptors (Lipinski definition) is 5. The van der Waals surface area contributed by atoms with E-state index in [1.54, 1.807) is 10.1 Å². The van der Waals surface area contributed by atoms with Gasteiger partial charge in [0.25, 0.3) is 0 Å². The molecule has 2 rings (SSSR count). The van der Waals surface area contributed by atoms with Gasteiger partial charge in [0.05, 0.1) is 7.11 Å². The van der Waals surface area contributed by atoms with E-state index in [2.05, 4.69) is 14.8 Å². The highest BCUT2D eigenvalue weighted by atomic mass is 32.1. The summed E-state index contributed by atoms with van der Waals surface area (Å²) >= 11 is 1.37. The van der Waals surface area contributed by atoms with Crippen LogP contribution in [0.25, 0.3) is 10.7 Å². The Morgan fingerprint density at radius 1 is 1.60 bits per heavy atom. The molecule has 0 aliphatic heterocycles. The molecule has 0 saturated carbocycles. The molecule has 0 unspecified atom stereocenters. The van der Waals surface area contributed by atoms with E-state index < -0.39 is 5.97 Å². The summed E-state index contributed by atoms with van der Waals surface area (Å²) in [6, 6.07) is 1.85. The van der Waals surface area contributed by atoms with Crippen LogP contribution >= 0.6 is 11.3 Å². The van der Waals surface area contributed by atoms with E-state index in [0.29, 0.717) is 5.69 Å². The van der Waals surface area contributed by atoms with Crippen LogP contribution in [0, 0.1) is 0 Å². The summed E-state index contributed by atoms with van der Waals surface area (Å²) in [5, 5.41) is 6.57. The molecule has 15 heavy (non-hydrogen) atoms. The van der Waals surface area contributed by atoms with Crippen molar-refractivity contribution in [1.82, 2.24) is 14.8 Å². The Kier molecular flexibility index (Phi) is 2.51. The van der Waals surface area contributed by atoms with E-state index >= 15 is 0 Å². The molecule has 0 bridgehead atoms. The number of ether oxygens (including phenoxy) is 1. The van der Waals surface area contributed by atoms with Gasteiger partial charge in [-0.05, 0) is 6.07 Å². The van der Waals surface area contributed by atoms with Crippen LogP contribution in [0.2, 0.25) is 0 Å². The summed E-state index contributed by atoms with van der Waals surface area (Å²) in [7, 11) is 3.17. The van der Waals surface area contributed by atoms with E-state index in [1.165, 1.54) is 18.4 Å². The molecule has 0 fully saturated rings. The zero-order valence-corrected chi connectivity index (χ0v) is 9.11. The molecule has 2 aromatic heterocycles. The number of nitrogens with zero attached hydrogens (tertiary/aromatic N) is 3. The van der Waals surface area contributed by atoms with Crippen LogP contribution in [0.15, 0.2) is 17.6 Å². The van der Waals surface area contributed by atoms with E-state index in [4.69, 9.17) is 0 Å². The summed E-state index contributed by atoms with van der Waals surface area (Å²) in [5.74, 6) is -0.423. The summed E-state index contributed by atoms with van der Waals surface area (Å²) in [6.45, 7) is 0. The number of esters is 1. The second-order valence-electron chi connectivity index (χ2n) is 2.90. The lowest BCUT2D eigenvalue weighted by molar-refractivity contribution is 0.0595. The van der Waals surface area contributed by atoms with E-state index in [0.717, 1.165) is 10.7 Å². The highest BCUT2D eigenvalue weighted by Crippen LogP contribution is 2.21. The first-order valence-corrected chi connectivity index (χ1v) is 5.12. The second kappa shape index (κ2) is 3.82. The van der Waals surface area contributed by atoms with E-state index in [-0.39, 0.29) is 0 Å². The Morgan fingerprint density at radius 3 is 3.00 bits per heavy atom. The number of rotatable bonds is 2. The van der Waals surface area contributed by atoms with Crippen molar-refractivity contribution < 1.29 is 9.53 Å². The molecule has 0 N–H and O–H groups in total. The van der Waals surface area contributed by atoms with Crippen LogP contribution in [-0.4, -0.2) is 27.8 Å². The normalized spacial score (nSPS) is 10.3. The quantitative estimate of drug-likeness (QED) is 0.721. The van der Waals surface area contributed by atoms with Gasteiger partial charge >= 0.3 is 5.97 Å². The standard InChI is InChI=1S/C9H9N3O2S/c1-12-4-3-6(11-12)8-10-7(5-15-8)9(13)14-2/h3-5H,1-2H3. The molecule has 0 aliphatic rings. The first-order valence-electron chi connectivity index (χ1n) is 4.24. The van der Waals surface area contributed by atoms with Crippen molar-refractivity contribution in [1.29, 1.82) is 0 Å². The van der Waals surface area contributed by atoms with Crippen molar-refractivity contribution >= 4 is 17.3 Å². The monoisotopic (exact) mass is 223 g/mol. The van der Waals surface area contributed by atoms with Gasteiger partial charge in [0.2, 0.25) is 0 Å². The van der Waals surface area contributed by atoms with Gasteiger partial charge < -0.3 is 4.74 Å². The smallest absolute Gasteiger partial charge is 0.357 e. The van der Waals surface area contributed by atoms with Gasteiger partial charge in [-0.3, -0.25) is 4.68 Å². The van der Waals surface area contributed by atoms with Crippen molar-refractivity contribution in [2.45, 2.75) is 0 Å².